The Balaban J connectivity index is 1.83. The minimum atomic E-state index is -4.21. The molecule has 1 heterocycles. The molecule has 31 heavy (non-hydrogen) atoms. The maximum Gasteiger partial charge on any atom is 0.390 e. The Labute approximate surface area is 181 Å². The number of guanidine groups is 1. The molecule has 0 spiro atoms. The number of nitrogens with zero attached hydrogens (tertiary/aromatic N) is 2. The SMILES string of the molecule is CCNC(=NCCCC(=O)N1CCc2cc(OC)c(OC)cc2C1)NCCC(F)(F)F. The molecule has 1 aromatic rings. The smallest absolute Gasteiger partial charge is 0.390 e. The van der Waals surface area contributed by atoms with Crippen LogP contribution in [-0.2, 0) is 17.8 Å². The van der Waals surface area contributed by atoms with Crippen LogP contribution in [0.1, 0.15) is 37.3 Å². The van der Waals surface area contributed by atoms with Gasteiger partial charge in [-0.15, -0.1) is 0 Å². The molecule has 0 aliphatic carbocycles. The van der Waals surface area contributed by atoms with Crippen LogP contribution in [0.3, 0.4) is 0 Å². The first-order valence-electron chi connectivity index (χ1n) is 10.4. The van der Waals surface area contributed by atoms with E-state index >= 15 is 0 Å². The third-order valence-corrected chi connectivity index (χ3v) is 4.93. The quantitative estimate of drug-likeness (QED) is 0.348. The van der Waals surface area contributed by atoms with Gasteiger partial charge in [0.25, 0.3) is 0 Å². The maximum absolute atomic E-state index is 12.6. The predicted molar refractivity (Wildman–Crippen MR) is 113 cm³/mol. The van der Waals surface area contributed by atoms with Crippen LogP contribution in [-0.4, -0.2) is 63.3 Å². The van der Waals surface area contributed by atoms with Crippen molar-refractivity contribution in [2.45, 2.75) is 45.3 Å². The van der Waals surface area contributed by atoms with E-state index in [1.807, 2.05) is 24.0 Å². The molecule has 7 nitrogen and oxygen atoms in total. The number of hydrogen-bond acceptors (Lipinski definition) is 4. The molecule has 0 saturated heterocycles. The molecule has 2 rings (SSSR count). The van der Waals surface area contributed by atoms with Crippen LogP contribution < -0.4 is 20.1 Å². The van der Waals surface area contributed by atoms with E-state index in [4.69, 9.17) is 9.47 Å². The Morgan fingerprint density at radius 3 is 2.45 bits per heavy atom. The van der Waals surface area contributed by atoms with E-state index < -0.39 is 12.6 Å². The minimum Gasteiger partial charge on any atom is -0.493 e. The highest BCUT2D eigenvalue weighted by molar-refractivity contribution is 5.80. The van der Waals surface area contributed by atoms with Crippen LogP contribution in [0.2, 0.25) is 0 Å². The Kier molecular flexibility index (Phi) is 9.26. The fourth-order valence-electron chi connectivity index (χ4n) is 3.34. The molecule has 0 unspecified atom stereocenters. The fourth-order valence-corrected chi connectivity index (χ4v) is 3.34. The van der Waals surface area contributed by atoms with E-state index in [0.717, 1.165) is 17.5 Å². The zero-order chi connectivity index (χ0) is 22.9. The molecular formula is C21H31F3N4O3. The first-order valence-corrected chi connectivity index (χ1v) is 10.4. The van der Waals surface area contributed by atoms with Gasteiger partial charge in [-0.05, 0) is 43.0 Å². The first kappa shape index (κ1) is 24.6. The minimum absolute atomic E-state index is 0.0330. The summed E-state index contributed by atoms with van der Waals surface area (Å²) in [5, 5.41) is 5.57. The van der Waals surface area contributed by atoms with E-state index in [2.05, 4.69) is 15.6 Å². The Morgan fingerprint density at radius 2 is 1.84 bits per heavy atom. The average Bonchev–Trinajstić information content (AvgIpc) is 2.74. The van der Waals surface area contributed by atoms with Gasteiger partial charge in [0, 0.05) is 39.1 Å². The van der Waals surface area contributed by atoms with E-state index in [0.29, 0.717) is 56.5 Å². The monoisotopic (exact) mass is 444 g/mol. The van der Waals surface area contributed by atoms with E-state index in [1.54, 1.807) is 14.2 Å². The first-order chi connectivity index (χ1) is 14.8. The number of hydrogen-bond donors (Lipinski definition) is 2. The van der Waals surface area contributed by atoms with Crippen LogP contribution >= 0.6 is 0 Å². The van der Waals surface area contributed by atoms with Crippen LogP contribution in [0, 0.1) is 0 Å². The molecule has 0 bridgehead atoms. The second-order valence-corrected chi connectivity index (χ2v) is 7.20. The van der Waals surface area contributed by atoms with Crippen LogP contribution in [0.25, 0.3) is 0 Å². The van der Waals surface area contributed by atoms with Crippen molar-refractivity contribution in [3.8, 4) is 11.5 Å². The van der Waals surface area contributed by atoms with Crippen molar-refractivity contribution in [2.24, 2.45) is 4.99 Å². The molecule has 174 valence electrons. The molecule has 1 amide bonds. The fraction of sp³-hybridized carbons (Fsp3) is 0.619. The number of aliphatic imine (C=N–C) groups is 1. The van der Waals surface area contributed by atoms with Crippen molar-refractivity contribution >= 4 is 11.9 Å². The summed E-state index contributed by atoms with van der Waals surface area (Å²) in [6.45, 7) is 3.63. The van der Waals surface area contributed by atoms with Crippen molar-refractivity contribution in [1.29, 1.82) is 0 Å². The number of halogens is 3. The molecule has 2 N–H and O–H groups in total. The van der Waals surface area contributed by atoms with Crippen LogP contribution in [0.5, 0.6) is 11.5 Å². The van der Waals surface area contributed by atoms with Gasteiger partial charge in [0.15, 0.2) is 17.5 Å². The molecule has 0 radical (unpaired) electrons. The predicted octanol–water partition coefficient (Wildman–Crippen LogP) is 2.88. The number of alkyl halides is 3. The molecule has 0 atom stereocenters. The summed E-state index contributed by atoms with van der Waals surface area (Å²) in [4.78, 5) is 18.7. The molecule has 1 aliphatic rings. The van der Waals surface area contributed by atoms with Gasteiger partial charge < -0.3 is 25.0 Å². The number of methoxy groups -OCH3 is 2. The highest BCUT2D eigenvalue weighted by Crippen LogP contribution is 2.33. The summed E-state index contributed by atoms with van der Waals surface area (Å²) < 4.78 is 47.5. The van der Waals surface area contributed by atoms with Crippen molar-refractivity contribution in [3.63, 3.8) is 0 Å². The maximum atomic E-state index is 12.6. The lowest BCUT2D eigenvalue weighted by Gasteiger charge is -2.29. The second-order valence-electron chi connectivity index (χ2n) is 7.20. The van der Waals surface area contributed by atoms with Gasteiger partial charge in [-0.2, -0.15) is 13.2 Å². The number of fused-ring (bicyclic) bond motifs is 1. The van der Waals surface area contributed by atoms with E-state index in [9.17, 15) is 18.0 Å². The van der Waals surface area contributed by atoms with E-state index in [-0.39, 0.29) is 12.5 Å². The topological polar surface area (TPSA) is 75.2 Å². The summed E-state index contributed by atoms with van der Waals surface area (Å²) in [5.41, 5.74) is 2.19. The third-order valence-electron chi connectivity index (χ3n) is 4.93. The zero-order valence-corrected chi connectivity index (χ0v) is 18.3. The molecule has 1 aromatic carbocycles. The lowest BCUT2D eigenvalue weighted by atomic mass is 9.98. The molecule has 0 saturated carbocycles. The molecule has 10 heteroatoms. The number of rotatable bonds is 9. The van der Waals surface area contributed by atoms with Gasteiger partial charge in [-0.25, -0.2) is 0 Å². The largest absolute Gasteiger partial charge is 0.493 e. The lowest BCUT2D eigenvalue weighted by molar-refractivity contribution is -0.133. The third kappa shape index (κ3) is 7.84. The highest BCUT2D eigenvalue weighted by Gasteiger charge is 2.26. The number of carbonyl (C=O) groups excluding carboxylic acids is 1. The summed E-state index contributed by atoms with van der Waals surface area (Å²) in [5.74, 6) is 1.68. The van der Waals surface area contributed by atoms with Gasteiger partial charge in [-0.1, -0.05) is 0 Å². The zero-order valence-electron chi connectivity index (χ0n) is 18.3. The van der Waals surface area contributed by atoms with Crippen molar-refractivity contribution in [1.82, 2.24) is 15.5 Å². The van der Waals surface area contributed by atoms with E-state index in [1.165, 1.54) is 0 Å². The normalized spacial score (nSPS) is 14.1. The average molecular weight is 444 g/mol. The Bertz CT molecular complexity index is 769. The second kappa shape index (κ2) is 11.7. The number of carbonyl (C=O) groups is 1. The molecule has 0 fully saturated rings. The van der Waals surface area contributed by atoms with Gasteiger partial charge in [0.05, 0.1) is 20.6 Å². The summed E-state index contributed by atoms with van der Waals surface area (Å²) >= 11 is 0. The number of nitrogens with one attached hydrogen (secondary N) is 2. The van der Waals surface area contributed by atoms with Gasteiger partial charge in [-0.3, -0.25) is 9.79 Å². The molecule has 0 aromatic heterocycles. The van der Waals surface area contributed by atoms with Crippen molar-refractivity contribution in [2.75, 3.05) is 40.4 Å². The summed E-state index contributed by atoms with van der Waals surface area (Å²) in [7, 11) is 3.18. The number of benzene rings is 1. The van der Waals surface area contributed by atoms with Crippen LogP contribution in [0.4, 0.5) is 13.2 Å². The van der Waals surface area contributed by atoms with Crippen molar-refractivity contribution < 1.29 is 27.4 Å². The summed E-state index contributed by atoms with van der Waals surface area (Å²) in [6.07, 6.45) is -3.55. The number of amides is 1. The molecular weight excluding hydrogens is 413 g/mol. The van der Waals surface area contributed by atoms with Gasteiger partial charge in [0.2, 0.25) is 5.91 Å². The number of ether oxygens (including phenoxy) is 2. The Morgan fingerprint density at radius 1 is 1.16 bits per heavy atom. The Hall–Kier alpha value is -2.65. The van der Waals surface area contributed by atoms with Crippen LogP contribution in [0.15, 0.2) is 17.1 Å². The highest BCUT2D eigenvalue weighted by atomic mass is 19.4. The lowest BCUT2D eigenvalue weighted by Crippen LogP contribution is -2.39. The molecule has 1 aliphatic heterocycles. The summed E-state index contributed by atoms with van der Waals surface area (Å²) in [6, 6.07) is 3.87. The van der Waals surface area contributed by atoms with Gasteiger partial charge in [0.1, 0.15) is 0 Å². The van der Waals surface area contributed by atoms with Gasteiger partial charge >= 0.3 is 6.18 Å². The standard InChI is InChI=1S/C21H31F3N4O3/c1-4-25-20(27-10-8-21(22,23)24)26-9-5-6-19(29)28-11-7-15-12-17(30-2)18(31-3)13-16(15)14-28/h12-13H,4-11,14H2,1-3H3,(H2,25,26,27). The van der Waals surface area contributed by atoms with Crippen molar-refractivity contribution in [3.05, 3.63) is 23.3 Å².